The van der Waals surface area contributed by atoms with E-state index in [4.69, 9.17) is 0 Å². The number of hydrogen-bond acceptors (Lipinski definition) is 3. The zero-order chi connectivity index (χ0) is 23.9. The number of hydrogen-bond donors (Lipinski definition) is 1. The number of amides is 2. The van der Waals surface area contributed by atoms with Crippen LogP contribution in [0.2, 0.25) is 0 Å². The molecule has 3 aromatic carbocycles. The first-order chi connectivity index (χ1) is 15.6. The Morgan fingerprint density at radius 3 is 1.91 bits per heavy atom. The molecule has 0 aromatic heterocycles. The molecule has 4 rings (SSSR count). The maximum absolute atomic E-state index is 13.6. The van der Waals surface area contributed by atoms with Gasteiger partial charge in [-0.3, -0.25) is 9.59 Å². The number of anilines is 2. The van der Waals surface area contributed by atoms with Gasteiger partial charge >= 0.3 is 0 Å². The van der Waals surface area contributed by atoms with Gasteiger partial charge in [0.2, 0.25) is 0 Å². The summed E-state index contributed by atoms with van der Waals surface area (Å²) in [5.74, 6) is -0.664. The molecule has 0 radical (unpaired) electrons. The minimum absolute atomic E-state index is 0.0311. The fraction of sp³-hybridized carbons (Fsp3) is 0.241. The molecular weight excluding hydrogens is 408 g/mol. The van der Waals surface area contributed by atoms with Crippen LogP contribution >= 0.6 is 0 Å². The van der Waals surface area contributed by atoms with Crippen LogP contribution in [0, 0.1) is 20.8 Å². The molecule has 0 fully saturated rings. The second kappa shape index (κ2) is 8.36. The first kappa shape index (κ1) is 22.5. The van der Waals surface area contributed by atoms with Gasteiger partial charge in [-0.05, 0) is 67.1 Å². The third-order valence-corrected chi connectivity index (χ3v) is 6.05. The summed E-state index contributed by atoms with van der Waals surface area (Å²) in [4.78, 5) is 28.5. The van der Waals surface area contributed by atoms with Crippen molar-refractivity contribution >= 4 is 28.8 Å². The minimum atomic E-state index is -0.348. The SMILES string of the molecule is Cc1ccc(N2C(=O)C(Nc3ccc(C(C)(C)C)cc3)=C(c3ccc(C)cc3C)C2=O)cc1. The van der Waals surface area contributed by atoms with Crippen molar-refractivity contribution in [1.82, 2.24) is 0 Å². The molecule has 0 saturated carbocycles. The van der Waals surface area contributed by atoms with Crippen molar-refractivity contribution in [3.63, 3.8) is 0 Å². The molecule has 1 heterocycles. The highest BCUT2D eigenvalue weighted by Crippen LogP contribution is 2.35. The molecule has 0 saturated heterocycles. The Balaban J connectivity index is 1.80. The van der Waals surface area contributed by atoms with Crippen molar-refractivity contribution in [2.75, 3.05) is 10.2 Å². The molecule has 2 amide bonds. The van der Waals surface area contributed by atoms with Crippen molar-refractivity contribution in [2.45, 2.75) is 47.0 Å². The van der Waals surface area contributed by atoms with E-state index >= 15 is 0 Å². The molecule has 0 spiro atoms. The number of rotatable bonds is 4. The standard InChI is InChI=1S/C29H30N2O2/c1-18-7-14-23(15-8-18)31-27(32)25(24-16-9-19(2)17-20(24)3)26(28(31)33)30-22-12-10-21(11-13-22)29(4,5)6/h7-17,30H,1-6H3. The van der Waals surface area contributed by atoms with Crippen LogP contribution in [-0.2, 0) is 15.0 Å². The molecule has 1 aliphatic heterocycles. The Labute approximate surface area is 195 Å². The van der Waals surface area contributed by atoms with Gasteiger partial charge in [0.05, 0.1) is 11.3 Å². The van der Waals surface area contributed by atoms with Crippen LogP contribution in [0.3, 0.4) is 0 Å². The summed E-state index contributed by atoms with van der Waals surface area (Å²) in [7, 11) is 0. The highest BCUT2D eigenvalue weighted by Gasteiger charge is 2.40. The van der Waals surface area contributed by atoms with E-state index in [1.54, 1.807) is 0 Å². The third kappa shape index (κ3) is 4.34. The summed E-state index contributed by atoms with van der Waals surface area (Å²) in [6, 6.07) is 21.4. The van der Waals surface area contributed by atoms with Crippen LogP contribution in [0.4, 0.5) is 11.4 Å². The van der Waals surface area contributed by atoms with Crippen molar-refractivity contribution in [2.24, 2.45) is 0 Å². The van der Waals surface area contributed by atoms with Gasteiger partial charge in [0.15, 0.2) is 0 Å². The molecule has 4 heteroatoms. The lowest BCUT2D eigenvalue weighted by Gasteiger charge is -2.19. The van der Waals surface area contributed by atoms with Crippen molar-refractivity contribution in [1.29, 1.82) is 0 Å². The van der Waals surface area contributed by atoms with Gasteiger partial charge in [0.1, 0.15) is 5.70 Å². The lowest BCUT2D eigenvalue weighted by Crippen LogP contribution is -2.32. The molecule has 1 N–H and O–H groups in total. The highest BCUT2D eigenvalue weighted by molar-refractivity contribution is 6.46. The van der Waals surface area contributed by atoms with Crippen LogP contribution in [0.1, 0.15) is 48.6 Å². The van der Waals surface area contributed by atoms with E-state index in [1.165, 1.54) is 10.5 Å². The molecule has 0 unspecified atom stereocenters. The van der Waals surface area contributed by atoms with Gasteiger partial charge in [-0.15, -0.1) is 0 Å². The predicted octanol–water partition coefficient (Wildman–Crippen LogP) is 6.31. The number of carbonyl (C=O) groups is 2. The van der Waals surface area contributed by atoms with Gasteiger partial charge in [-0.2, -0.15) is 0 Å². The van der Waals surface area contributed by atoms with Crippen molar-refractivity contribution < 1.29 is 9.59 Å². The molecule has 33 heavy (non-hydrogen) atoms. The predicted molar refractivity (Wildman–Crippen MR) is 135 cm³/mol. The highest BCUT2D eigenvalue weighted by atomic mass is 16.2. The molecule has 168 valence electrons. The Bertz CT molecular complexity index is 1260. The second-order valence-electron chi connectivity index (χ2n) is 9.80. The van der Waals surface area contributed by atoms with E-state index in [2.05, 4.69) is 38.2 Å². The monoisotopic (exact) mass is 438 g/mol. The number of carbonyl (C=O) groups excluding carboxylic acids is 2. The number of aryl methyl sites for hydroxylation is 3. The van der Waals surface area contributed by atoms with Crippen molar-refractivity contribution in [3.8, 4) is 0 Å². The maximum Gasteiger partial charge on any atom is 0.282 e. The Morgan fingerprint density at radius 2 is 1.33 bits per heavy atom. The van der Waals surface area contributed by atoms with Crippen LogP contribution in [0.5, 0.6) is 0 Å². The average molecular weight is 439 g/mol. The summed E-state index contributed by atoms with van der Waals surface area (Å²) in [6.45, 7) is 12.4. The normalized spacial score (nSPS) is 14.3. The van der Waals surface area contributed by atoms with Crippen LogP contribution < -0.4 is 10.2 Å². The summed E-state index contributed by atoms with van der Waals surface area (Å²) < 4.78 is 0. The molecule has 3 aromatic rings. The fourth-order valence-corrected chi connectivity index (χ4v) is 4.12. The van der Waals surface area contributed by atoms with E-state index in [0.29, 0.717) is 17.0 Å². The largest absolute Gasteiger partial charge is 0.350 e. The molecule has 0 bridgehead atoms. The lowest BCUT2D eigenvalue weighted by molar-refractivity contribution is -0.120. The van der Waals surface area contributed by atoms with Crippen LogP contribution in [0.15, 0.2) is 72.4 Å². The molecule has 0 aliphatic carbocycles. The van der Waals surface area contributed by atoms with Gasteiger partial charge in [0.25, 0.3) is 11.8 Å². The smallest absolute Gasteiger partial charge is 0.282 e. The number of imide groups is 1. The summed E-state index contributed by atoms with van der Waals surface area (Å²) >= 11 is 0. The van der Waals surface area contributed by atoms with E-state index in [9.17, 15) is 9.59 Å². The molecule has 1 aliphatic rings. The van der Waals surface area contributed by atoms with E-state index in [-0.39, 0.29) is 17.2 Å². The first-order valence-electron chi connectivity index (χ1n) is 11.2. The van der Waals surface area contributed by atoms with E-state index < -0.39 is 0 Å². The van der Waals surface area contributed by atoms with E-state index in [0.717, 1.165) is 27.9 Å². The molecular formula is C29H30N2O2. The van der Waals surface area contributed by atoms with E-state index in [1.807, 2.05) is 75.4 Å². The Hall–Kier alpha value is -3.66. The Kier molecular flexibility index (Phi) is 5.71. The quantitative estimate of drug-likeness (QED) is 0.486. The minimum Gasteiger partial charge on any atom is -0.350 e. The van der Waals surface area contributed by atoms with Gasteiger partial charge in [0, 0.05) is 5.69 Å². The summed E-state index contributed by atoms with van der Waals surface area (Å²) in [5.41, 5.74) is 7.17. The number of nitrogens with one attached hydrogen (secondary N) is 1. The maximum atomic E-state index is 13.6. The van der Waals surface area contributed by atoms with Gasteiger partial charge < -0.3 is 5.32 Å². The number of benzene rings is 3. The topological polar surface area (TPSA) is 49.4 Å². The third-order valence-electron chi connectivity index (χ3n) is 6.05. The number of nitrogens with zero attached hydrogens (tertiary/aromatic N) is 1. The van der Waals surface area contributed by atoms with Gasteiger partial charge in [-0.25, -0.2) is 4.90 Å². The fourth-order valence-electron chi connectivity index (χ4n) is 4.12. The first-order valence-corrected chi connectivity index (χ1v) is 11.2. The second-order valence-corrected chi connectivity index (χ2v) is 9.80. The lowest BCUT2D eigenvalue weighted by atomic mass is 9.87. The average Bonchev–Trinajstić information content (AvgIpc) is 2.98. The zero-order valence-corrected chi connectivity index (χ0v) is 20.1. The summed E-state index contributed by atoms with van der Waals surface area (Å²) in [6.07, 6.45) is 0. The molecule has 0 atom stereocenters. The zero-order valence-electron chi connectivity index (χ0n) is 20.1. The Morgan fingerprint density at radius 1 is 0.727 bits per heavy atom. The van der Waals surface area contributed by atoms with Gasteiger partial charge in [-0.1, -0.05) is 74.4 Å². The van der Waals surface area contributed by atoms with Crippen LogP contribution in [-0.4, -0.2) is 11.8 Å². The summed E-state index contributed by atoms with van der Waals surface area (Å²) in [5, 5.41) is 3.27. The molecule has 4 nitrogen and oxygen atoms in total. The van der Waals surface area contributed by atoms with Crippen molar-refractivity contribution in [3.05, 3.63) is 100 Å². The van der Waals surface area contributed by atoms with Crippen LogP contribution in [0.25, 0.3) is 5.57 Å².